The van der Waals surface area contributed by atoms with Crippen LogP contribution in [0.15, 0.2) is 3.50 Å². The van der Waals surface area contributed by atoms with E-state index in [0.717, 1.165) is 0 Å². The standard InChI is InChI=1S/C2N2O.Pt/c1-4-2(3)5;. The number of hydrogen-bond acceptors (Lipinski definition) is 1. The molecule has 0 unspecified atom stereocenters. The van der Waals surface area contributed by atoms with Gasteiger partial charge in [-0.1, -0.05) is 0 Å². The van der Waals surface area contributed by atoms with E-state index in [-0.39, 0.29) is 0 Å². The van der Waals surface area contributed by atoms with E-state index in [4.69, 9.17) is 6.57 Å². The summed E-state index contributed by atoms with van der Waals surface area (Å²) in [5, 5.41) is 0. The van der Waals surface area contributed by atoms with Crippen LogP contribution in [0.1, 0.15) is 0 Å². The van der Waals surface area contributed by atoms with Gasteiger partial charge in [-0.25, -0.2) is 0 Å². The van der Waals surface area contributed by atoms with Crippen molar-refractivity contribution in [3.05, 3.63) is 11.4 Å². The van der Waals surface area contributed by atoms with Crippen LogP contribution >= 0.6 is 0 Å². The van der Waals surface area contributed by atoms with E-state index in [1.807, 2.05) is 0 Å². The van der Waals surface area contributed by atoms with Gasteiger partial charge in [-0.15, -0.1) is 0 Å². The second-order valence-electron chi connectivity index (χ2n) is 0.465. The first-order valence-corrected chi connectivity index (χ1v) is 2.03. The third-order valence-electron chi connectivity index (χ3n) is 0.156. The summed E-state index contributed by atoms with van der Waals surface area (Å²) in [4.78, 5) is 12.1. The number of urea groups is 1. The zero-order valence-corrected chi connectivity index (χ0v) is 4.89. The van der Waals surface area contributed by atoms with Gasteiger partial charge in [-0.3, -0.25) is 0 Å². The quantitative estimate of drug-likeness (QED) is 0.594. The van der Waals surface area contributed by atoms with Crippen LogP contribution in [0.4, 0.5) is 4.79 Å². The summed E-state index contributed by atoms with van der Waals surface area (Å²) in [5.41, 5.74) is 0. The minimum atomic E-state index is -0.753. The molecule has 0 spiro atoms. The predicted octanol–water partition coefficient (Wildman–Crippen LogP) is 0.756. The van der Waals surface area contributed by atoms with Crippen molar-refractivity contribution in [3.63, 3.8) is 0 Å². The molecule has 0 fully saturated rings. The second kappa shape index (κ2) is 2.86. The van der Waals surface area contributed by atoms with Crippen molar-refractivity contribution < 1.29 is 24.4 Å². The van der Waals surface area contributed by atoms with E-state index in [2.05, 4.69) is 8.34 Å². The van der Waals surface area contributed by atoms with Gasteiger partial charge in [-0.05, 0) is 0 Å². The molecule has 0 aromatic carbocycles. The normalized spacial score (nSPS) is 6.17. The van der Waals surface area contributed by atoms with Crippen molar-refractivity contribution >= 4 is 6.03 Å². The fourth-order valence-corrected chi connectivity index (χ4v) is 0.129. The van der Waals surface area contributed by atoms with Gasteiger partial charge in [0, 0.05) is 0 Å². The Kier molecular flexibility index (Phi) is 2.70. The number of carbonyl (C=O) groups is 1. The van der Waals surface area contributed by atoms with Crippen molar-refractivity contribution in [2.45, 2.75) is 0 Å². The molecule has 0 aromatic heterocycles. The number of hydrogen-bond donors (Lipinski definition) is 0. The molecule has 0 bridgehead atoms. The molecule has 0 heterocycles. The molecule has 0 saturated heterocycles. The Morgan fingerprint density at radius 3 is 2.50 bits per heavy atom. The fraction of sp³-hybridized carbons (Fsp3) is 0. The van der Waals surface area contributed by atoms with Crippen molar-refractivity contribution in [1.82, 2.24) is 0 Å². The van der Waals surface area contributed by atoms with Crippen LogP contribution in [-0.2, 0) is 19.6 Å². The SMILES string of the molecule is [C-]#[N+]C(=O)[N]=[Pt]. The Balaban J connectivity index is 3.63. The van der Waals surface area contributed by atoms with Crippen LogP contribution in [0.2, 0.25) is 0 Å². The van der Waals surface area contributed by atoms with E-state index in [1.165, 1.54) is 19.6 Å². The molecule has 0 saturated carbocycles. The van der Waals surface area contributed by atoms with Crippen LogP contribution in [0, 0.1) is 6.57 Å². The molecule has 0 aromatic rings. The maximum absolute atomic E-state index is 9.65. The monoisotopic (exact) mass is 263 g/mol. The van der Waals surface area contributed by atoms with E-state index in [1.54, 1.807) is 0 Å². The maximum atomic E-state index is 9.65. The Hall–Kier alpha value is -0.352. The summed E-state index contributed by atoms with van der Waals surface area (Å²) in [6.45, 7) is 5.99. The molecule has 6 heavy (non-hydrogen) atoms. The summed E-state index contributed by atoms with van der Waals surface area (Å²) in [5.74, 6) is 0. The molecule has 34 valence electrons. The number of amides is 2. The summed E-state index contributed by atoms with van der Waals surface area (Å²) >= 11 is 1.46. The fourth-order valence-electron chi connectivity index (χ4n) is 0.0158. The molecule has 2 amide bonds. The molecule has 0 radical (unpaired) electrons. The second-order valence-corrected chi connectivity index (χ2v) is 0.973. The number of nitrogens with zero attached hydrogens (tertiary/aromatic N) is 2. The van der Waals surface area contributed by atoms with Gasteiger partial charge < -0.3 is 0 Å². The summed E-state index contributed by atoms with van der Waals surface area (Å²) in [7, 11) is 0. The molecular formula is C2N2OPt. The van der Waals surface area contributed by atoms with Crippen LogP contribution in [0.3, 0.4) is 0 Å². The van der Waals surface area contributed by atoms with Gasteiger partial charge in [0.1, 0.15) is 0 Å². The average Bonchev–Trinajstić information content (AvgIpc) is 1.65. The zero-order chi connectivity index (χ0) is 4.99. The predicted molar refractivity (Wildman–Crippen MR) is 14.4 cm³/mol. The minimum absolute atomic E-state index is 0.753. The summed E-state index contributed by atoms with van der Waals surface area (Å²) < 4.78 is 2.99. The summed E-state index contributed by atoms with van der Waals surface area (Å²) in [6.07, 6.45) is 0. The Morgan fingerprint density at radius 2 is 2.50 bits per heavy atom. The van der Waals surface area contributed by atoms with Crippen molar-refractivity contribution in [2.24, 2.45) is 3.50 Å². The van der Waals surface area contributed by atoms with Crippen LogP contribution < -0.4 is 0 Å². The Morgan fingerprint density at radius 1 is 2.00 bits per heavy atom. The van der Waals surface area contributed by atoms with Gasteiger partial charge in [0.05, 0.1) is 0 Å². The molecule has 0 aliphatic carbocycles. The van der Waals surface area contributed by atoms with E-state index in [9.17, 15) is 4.79 Å². The molecule has 0 N–H and O–H groups in total. The molecular weight excluding hydrogens is 263 g/mol. The first-order valence-electron chi connectivity index (χ1n) is 1.02. The Labute approximate surface area is 45.9 Å². The first kappa shape index (κ1) is 5.65. The van der Waals surface area contributed by atoms with Crippen LogP contribution in [0.25, 0.3) is 4.85 Å². The van der Waals surface area contributed by atoms with E-state index >= 15 is 0 Å². The van der Waals surface area contributed by atoms with Gasteiger partial charge in [0.25, 0.3) is 0 Å². The van der Waals surface area contributed by atoms with Crippen LogP contribution in [0.5, 0.6) is 0 Å². The molecule has 0 rings (SSSR count). The van der Waals surface area contributed by atoms with Gasteiger partial charge in [0.15, 0.2) is 0 Å². The number of carbonyl (C=O) groups excluding carboxylic acids is 1. The van der Waals surface area contributed by atoms with Crippen molar-refractivity contribution in [3.8, 4) is 0 Å². The van der Waals surface area contributed by atoms with Crippen molar-refractivity contribution in [1.29, 1.82) is 0 Å². The molecule has 0 aliphatic heterocycles. The number of rotatable bonds is 0. The third-order valence-corrected chi connectivity index (χ3v) is 0.591. The van der Waals surface area contributed by atoms with Crippen molar-refractivity contribution in [2.75, 3.05) is 0 Å². The molecule has 0 atom stereocenters. The topological polar surface area (TPSA) is 33.8 Å². The average molecular weight is 263 g/mol. The zero-order valence-electron chi connectivity index (χ0n) is 2.62. The third kappa shape index (κ3) is 1.92. The van der Waals surface area contributed by atoms with Gasteiger partial charge >= 0.3 is 45.4 Å². The summed E-state index contributed by atoms with van der Waals surface area (Å²) in [6, 6.07) is -0.753. The van der Waals surface area contributed by atoms with E-state index < -0.39 is 6.03 Å². The Bertz CT molecular complexity index is 113. The first-order chi connectivity index (χ1) is 2.81. The molecule has 4 heteroatoms. The van der Waals surface area contributed by atoms with Gasteiger partial charge in [-0.2, -0.15) is 0 Å². The molecule has 3 nitrogen and oxygen atoms in total. The van der Waals surface area contributed by atoms with Crippen LogP contribution in [-0.4, -0.2) is 6.03 Å². The van der Waals surface area contributed by atoms with E-state index in [0.29, 0.717) is 0 Å². The van der Waals surface area contributed by atoms with Gasteiger partial charge in [0.2, 0.25) is 0 Å². The molecule has 0 aliphatic rings.